The summed E-state index contributed by atoms with van der Waals surface area (Å²) < 4.78 is 4.65. The number of nitrogens with zero attached hydrogens (tertiary/aromatic N) is 1. The smallest absolute Gasteiger partial charge is 0.309 e. The van der Waals surface area contributed by atoms with Crippen LogP contribution in [0.4, 0.5) is 0 Å². The first-order valence-corrected chi connectivity index (χ1v) is 6.96. The first-order valence-electron chi connectivity index (χ1n) is 6.08. The number of methoxy groups -OCH3 is 1. The molecule has 0 aliphatic rings. The van der Waals surface area contributed by atoms with Gasteiger partial charge in [0, 0.05) is 11.4 Å². The Hall–Kier alpha value is -1.40. The molecule has 1 atom stereocenters. The maximum absolute atomic E-state index is 11.7. The van der Waals surface area contributed by atoms with Crippen LogP contribution in [0.3, 0.4) is 0 Å². The van der Waals surface area contributed by atoms with E-state index >= 15 is 0 Å². The third-order valence-electron chi connectivity index (χ3n) is 2.64. The fraction of sp³-hybridized carbons (Fsp3) is 0.538. The van der Waals surface area contributed by atoms with E-state index < -0.39 is 0 Å². The molecule has 0 saturated carbocycles. The Morgan fingerprint density at radius 3 is 2.84 bits per heavy atom. The molecule has 0 aliphatic heterocycles. The van der Waals surface area contributed by atoms with E-state index in [0.29, 0.717) is 13.1 Å². The number of ether oxygens (including phenoxy) is 1. The van der Waals surface area contributed by atoms with Gasteiger partial charge in [0.1, 0.15) is 0 Å². The lowest BCUT2D eigenvalue weighted by Gasteiger charge is -2.19. The van der Waals surface area contributed by atoms with Crippen molar-refractivity contribution in [3.05, 3.63) is 22.4 Å². The van der Waals surface area contributed by atoms with E-state index in [1.54, 1.807) is 18.3 Å². The lowest BCUT2D eigenvalue weighted by atomic mass is 10.2. The van der Waals surface area contributed by atoms with Crippen molar-refractivity contribution >= 4 is 23.2 Å². The van der Waals surface area contributed by atoms with Crippen molar-refractivity contribution in [1.82, 2.24) is 10.2 Å². The second kappa shape index (κ2) is 7.91. The van der Waals surface area contributed by atoms with Gasteiger partial charge in [-0.15, -0.1) is 11.3 Å². The van der Waals surface area contributed by atoms with E-state index in [1.165, 1.54) is 7.11 Å². The Morgan fingerprint density at radius 1 is 1.53 bits per heavy atom. The van der Waals surface area contributed by atoms with E-state index in [9.17, 15) is 9.59 Å². The third-order valence-corrected chi connectivity index (χ3v) is 3.52. The van der Waals surface area contributed by atoms with Gasteiger partial charge in [-0.2, -0.15) is 0 Å². The maximum atomic E-state index is 11.7. The van der Waals surface area contributed by atoms with Crippen molar-refractivity contribution in [2.45, 2.75) is 13.5 Å². The third kappa shape index (κ3) is 5.85. The Bertz CT molecular complexity index is 406. The number of likely N-dealkylation sites (N-methyl/N-ethyl adjacent to an activating group) is 1. The zero-order chi connectivity index (χ0) is 14.3. The van der Waals surface area contributed by atoms with Crippen LogP contribution in [0.1, 0.15) is 11.8 Å². The molecule has 0 aromatic carbocycles. The molecule has 6 heteroatoms. The molecule has 19 heavy (non-hydrogen) atoms. The van der Waals surface area contributed by atoms with Gasteiger partial charge in [-0.05, 0) is 18.5 Å². The minimum absolute atomic E-state index is 0.0482. The molecular weight excluding hydrogens is 264 g/mol. The topological polar surface area (TPSA) is 58.6 Å². The number of carbonyl (C=O) groups excluding carboxylic acids is 2. The number of thiophene rings is 1. The van der Waals surface area contributed by atoms with Gasteiger partial charge in [-0.3, -0.25) is 14.5 Å². The molecule has 1 amide bonds. The fourth-order valence-corrected chi connectivity index (χ4v) is 2.35. The molecule has 0 spiro atoms. The van der Waals surface area contributed by atoms with E-state index in [-0.39, 0.29) is 24.3 Å². The van der Waals surface area contributed by atoms with Gasteiger partial charge in [0.25, 0.3) is 0 Å². The Balaban J connectivity index is 2.25. The highest BCUT2D eigenvalue weighted by Gasteiger charge is 2.16. The number of amides is 1. The summed E-state index contributed by atoms with van der Waals surface area (Å²) in [5.74, 6) is -0.543. The Kier molecular flexibility index (Phi) is 6.52. The molecular formula is C13H20N2O3S. The minimum Gasteiger partial charge on any atom is -0.469 e. The van der Waals surface area contributed by atoms with Gasteiger partial charge in [0.15, 0.2) is 0 Å². The van der Waals surface area contributed by atoms with E-state index in [2.05, 4.69) is 10.1 Å². The standard InChI is InChI=1S/C13H20N2O3S/c1-10(13(17)18-3)8-15(2)9-12(16)14-7-11-5-4-6-19-11/h4-6,10H,7-9H2,1-3H3,(H,14,16). The van der Waals surface area contributed by atoms with E-state index in [1.807, 2.05) is 29.5 Å². The molecule has 0 bridgehead atoms. The van der Waals surface area contributed by atoms with Crippen molar-refractivity contribution in [1.29, 1.82) is 0 Å². The summed E-state index contributed by atoms with van der Waals surface area (Å²) in [4.78, 5) is 25.9. The van der Waals surface area contributed by atoms with Crippen molar-refractivity contribution in [3.8, 4) is 0 Å². The first kappa shape index (κ1) is 15.7. The lowest BCUT2D eigenvalue weighted by molar-refractivity contribution is -0.145. The zero-order valence-electron chi connectivity index (χ0n) is 11.5. The van der Waals surface area contributed by atoms with Gasteiger partial charge in [0.2, 0.25) is 5.91 Å². The summed E-state index contributed by atoms with van der Waals surface area (Å²) in [6.45, 7) is 3.11. The molecule has 5 nitrogen and oxygen atoms in total. The van der Waals surface area contributed by atoms with Gasteiger partial charge >= 0.3 is 5.97 Å². The highest BCUT2D eigenvalue weighted by molar-refractivity contribution is 7.09. The van der Waals surface area contributed by atoms with Crippen LogP contribution in [-0.2, 0) is 20.9 Å². The number of rotatable bonds is 7. The molecule has 0 radical (unpaired) electrons. The fourth-order valence-electron chi connectivity index (χ4n) is 1.71. The predicted molar refractivity (Wildman–Crippen MR) is 74.8 cm³/mol. The largest absolute Gasteiger partial charge is 0.469 e. The van der Waals surface area contributed by atoms with Crippen LogP contribution in [0, 0.1) is 5.92 Å². The van der Waals surface area contributed by atoms with Crippen molar-refractivity contribution in [2.75, 3.05) is 27.2 Å². The number of hydrogen-bond acceptors (Lipinski definition) is 5. The van der Waals surface area contributed by atoms with E-state index in [4.69, 9.17) is 0 Å². The number of carbonyl (C=O) groups is 2. The average molecular weight is 284 g/mol. The molecule has 0 aliphatic carbocycles. The molecule has 1 aromatic rings. The number of hydrogen-bond donors (Lipinski definition) is 1. The minimum atomic E-state index is -0.258. The second-order valence-electron chi connectivity index (χ2n) is 4.48. The van der Waals surface area contributed by atoms with Gasteiger partial charge in [0.05, 0.1) is 26.1 Å². The van der Waals surface area contributed by atoms with Gasteiger partial charge in [-0.1, -0.05) is 13.0 Å². The Morgan fingerprint density at radius 2 is 2.26 bits per heavy atom. The average Bonchev–Trinajstić information content (AvgIpc) is 2.88. The normalized spacial score (nSPS) is 12.2. The van der Waals surface area contributed by atoms with Crippen LogP contribution in [0.5, 0.6) is 0 Å². The van der Waals surface area contributed by atoms with Crippen LogP contribution in [0.25, 0.3) is 0 Å². The molecule has 1 N–H and O–H groups in total. The number of nitrogens with one attached hydrogen (secondary N) is 1. The molecule has 1 aromatic heterocycles. The van der Waals surface area contributed by atoms with Gasteiger partial charge in [-0.25, -0.2) is 0 Å². The van der Waals surface area contributed by atoms with Crippen LogP contribution < -0.4 is 5.32 Å². The molecule has 1 heterocycles. The van der Waals surface area contributed by atoms with Crippen molar-refractivity contribution in [3.63, 3.8) is 0 Å². The summed E-state index contributed by atoms with van der Waals surface area (Å²) in [7, 11) is 3.18. The van der Waals surface area contributed by atoms with Crippen molar-refractivity contribution in [2.24, 2.45) is 5.92 Å². The molecule has 1 rings (SSSR count). The second-order valence-corrected chi connectivity index (χ2v) is 5.51. The molecule has 0 saturated heterocycles. The lowest BCUT2D eigenvalue weighted by Crippen LogP contribution is -2.38. The van der Waals surface area contributed by atoms with Crippen LogP contribution in [0.15, 0.2) is 17.5 Å². The highest BCUT2D eigenvalue weighted by Crippen LogP contribution is 2.07. The first-order chi connectivity index (χ1) is 9.02. The van der Waals surface area contributed by atoms with E-state index in [0.717, 1.165) is 4.88 Å². The highest BCUT2D eigenvalue weighted by atomic mass is 32.1. The number of esters is 1. The summed E-state index contributed by atoms with van der Waals surface area (Å²) >= 11 is 1.61. The predicted octanol–water partition coefficient (Wildman–Crippen LogP) is 1.11. The quantitative estimate of drug-likeness (QED) is 0.762. The van der Waals surface area contributed by atoms with Crippen LogP contribution >= 0.6 is 11.3 Å². The summed E-state index contributed by atoms with van der Waals surface area (Å²) in [6, 6.07) is 3.93. The van der Waals surface area contributed by atoms with Crippen molar-refractivity contribution < 1.29 is 14.3 Å². The summed E-state index contributed by atoms with van der Waals surface area (Å²) in [5, 5.41) is 4.82. The van der Waals surface area contributed by atoms with Crippen LogP contribution in [-0.4, -0.2) is 44.0 Å². The maximum Gasteiger partial charge on any atom is 0.309 e. The molecule has 0 fully saturated rings. The Labute approximate surface area is 117 Å². The summed E-state index contributed by atoms with van der Waals surface area (Å²) in [5.41, 5.74) is 0. The molecule has 106 valence electrons. The van der Waals surface area contributed by atoms with Crippen LogP contribution in [0.2, 0.25) is 0 Å². The monoisotopic (exact) mass is 284 g/mol. The van der Waals surface area contributed by atoms with Gasteiger partial charge < -0.3 is 10.1 Å². The zero-order valence-corrected chi connectivity index (χ0v) is 12.3. The SMILES string of the molecule is COC(=O)C(C)CN(C)CC(=O)NCc1cccs1. The molecule has 1 unspecified atom stereocenters. The summed E-state index contributed by atoms with van der Waals surface area (Å²) in [6.07, 6.45) is 0.